The summed E-state index contributed by atoms with van der Waals surface area (Å²) in [6.45, 7) is 1.98. The maximum Gasteiger partial charge on any atom is 0.143 e. The molecular weight excluding hydrogens is 269 g/mol. The van der Waals surface area contributed by atoms with E-state index < -0.39 is 0 Å². The maximum absolute atomic E-state index is 13.3. The number of anilines is 1. The van der Waals surface area contributed by atoms with Gasteiger partial charge >= 0.3 is 0 Å². The third kappa shape index (κ3) is 3.05. The highest BCUT2D eigenvalue weighted by atomic mass is 19.1. The standard InChI is InChI=1S/C15H14FN5/c1-11(12-4-2-5-13(16)8-12)18-14-6-3-7-15(9-14)21-10-17-19-20-21/h2-11,18H,1H3. The van der Waals surface area contributed by atoms with Crippen LogP contribution in [-0.4, -0.2) is 20.2 Å². The van der Waals surface area contributed by atoms with Gasteiger partial charge in [0.15, 0.2) is 0 Å². The molecule has 1 N–H and O–H groups in total. The quantitative estimate of drug-likeness (QED) is 0.799. The van der Waals surface area contributed by atoms with Crippen LogP contribution in [0.15, 0.2) is 54.9 Å². The number of aromatic nitrogens is 4. The first-order valence-corrected chi connectivity index (χ1v) is 6.58. The monoisotopic (exact) mass is 283 g/mol. The van der Waals surface area contributed by atoms with Crippen molar-refractivity contribution in [3.63, 3.8) is 0 Å². The normalized spacial score (nSPS) is 12.1. The number of tetrazole rings is 1. The summed E-state index contributed by atoms with van der Waals surface area (Å²) in [5.74, 6) is -0.233. The number of nitrogens with one attached hydrogen (secondary N) is 1. The Kier molecular flexibility index (Phi) is 3.59. The van der Waals surface area contributed by atoms with Crippen molar-refractivity contribution in [2.75, 3.05) is 5.32 Å². The van der Waals surface area contributed by atoms with Crippen molar-refractivity contribution >= 4 is 5.69 Å². The summed E-state index contributed by atoms with van der Waals surface area (Å²) in [7, 11) is 0. The molecule has 21 heavy (non-hydrogen) atoms. The number of hydrogen-bond donors (Lipinski definition) is 1. The van der Waals surface area contributed by atoms with E-state index in [1.807, 2.05) is 37.3 Å². The Morgan fingerprint density at radius 1 is 1.14 bits per heavy atom. The molecule has 1 aromatic heterocycles. The number of benzene rings is 2. The first-order valence-electron chi connectivity index (χ1n) is 6.58. The van der Waals surface area contributed by atoms with Gasteiger partial charge in [0, 0.05) is 11.7 Å². The molecule has 0 saturated heterocycles. The molecule has 0 saturated carbocycles. The van der Waals surface area contributed by atoms with E-state index in [-0.39, 0.29) is 11.9 Å². The topological polar surface area (TPSA) is 55.6 Å². The fourth-order valence-electron chi connectivity index (χ4n) is 2.13. The summed E-state index contributed by atoms with van der Waals surface area (Å²) < 4.78 is 14.8. The van der Waals surface area contributed by atoms with Crippen molar-refractivity contribution in [2.45, 2.75) is 13.0 Å². The van der Waals surface area contributed by atoms with Crippen molar-refractivity contribution in [3.8, 4) is 5.69 Å². The highest BCUT2D eigenvalue weighted by Crippen LogP contribution is 2.21. The zero-order chi connectivity index (χ0) is 14.7. The Morgan fingerprint density at radius 3 is 2.76 bits per heavy atom. The third-order valence-electron chi connectivity index (χ3n) is 3.19. The predicted octanol–water partition coefficient (Wildman–Crippen LogP) is 2.97. The lowest BCUT2D eigenvalue weighted by atomic mass is 10.1. The first kappa shape index (κ1) is 13.2. The van der Waals surface area contributed by atoms with E-state index in [1.165, 1.54) is 18.5 Å². The summed E-state index contributed by atoms with van der Waals surface area (Å²) in [5.41, 5.74) is 2.67. The highest BCUT2D eigenvalue weighted by Gasteiger charge is 2.07. The molecule has 0 aliphatic rings. The van der Waals surface area contributed by atoms with E-state index in [1.54, 1.807) is 10.7 Å². The van der Waals surface area contributed by atoms with Gasteiger partial charge in [0.1, 0.15) is 12.1 Å². The van der Waals surface area contributed by atoms with Crippen LogP contribution in [0.1, 0.15) is 18.5 Å². The zero-order valence-electron chi connectivity index (χ0n) is 11.4. The zero-order valence-corrected chi connectivity index (χ0v) is 11.4. The molecule has 0 amide bonds. The Morgan fingerprint density at radius 2 is 2.00 bits per heavy atom. The first-order chi connectivity index (χ1) is 10.2. The molecule has 0 spiro atoms. The number of hydrogen-bond acceptors (Lipinski definition) is 4. The molecule has 3 rings (SSSR count). The third-order valence-corrected chi connectivity index (χ3v) is 3.19. The van der Waals surface area contributed by atoms with E-state index in [0.29, 0.717) is 0 Å². The molecule has 1 atom stereocenters. The van der Waals surface area contributed by atoms with Crippen LogP contribution < -0.4 is 5.32 Å². The maximum atomic E-state index is 13.3. The van der Waals surface area contributed by atoms with Crippen LogP contribution in [0.5, 0.6) is 0 Å². The fraction of sp³-hybridized carbons (Fsp3) is 0.133. The van der Waals surface area contributed by atoms with Gasteiger partial charge < -0.3 is 5.32 Å². The minimum absolute atomic E-state index is 0.00942. The van der Waals surface area contributed by atoms with Gasteiger partial charge in [-0.15, -0.1) is 5.10 Å². The Balaban J connectivity index is 1.80. The van der Waals surface area contributed by atoms with E-state index in [0.717, 1.165) is 16.9 Å². The number of halogens is 1. The van der Waals surface area contributed by atoms with Crippen molar-refractivity contribution in [1.82, 2.24) is 20.2 Å². The summed E-state index contributed by atoms with van der Waals surface area (Å²) in [4.78, 5) is 0. The smallest absolute Gasteiger partial charge is 0.143 e. The van der Waals surface area contributed by atoms with Crippen molar-refractivity contribution < 1.29 is 4.39 Å². The second kappa shape index (κ2) is 5.70. The van der Waals surface area contributed by atoms with Crippen molar-refractivity contribution in [1.29, 1.82) is 0 Å². The average molecular weight is 283 g/mol. The summed E-state index contributed by atoms with van der Waals surface area (Å²) in [5, 5.41) is 14.4. The van der Waals surface area contributed by atoms with Gasteiger partial charge in [0.05, 0.1) is 5.69 Å². The van der Waals surface area contributed by atoms with E-state index in [2.05, 4.69) is 20.8 Å². The minimum Gasteiger partial charge on any atom is -0.378 e. The fourth-order valence-corrected chi connectivity index (χ4v) is 2.13. The van der Waals surface area contributed by atoms with Gasteiger partial charge in [0.25, 0.3) is 0 Å². The van der Waals surface area contributed by atoms with E-state index in [4.69, 9.17) is 0 Å². The Hall–Kier alpha value is -2.76. The average Bonchev–Trinajstić information content (AvgIpc) is 3.02. The van der Waals surface area contributed by atoms with Crippen LogP contribution in [0, 0.1) is 5.82 Å². The molecule has 0 radical (unpaired) electrons. The van der Waals surface area contributed by atoms with Crippen molar-refractivity contribution in [2.24, 2.45) is 0 Å². The molecular formula is C15H14FN5. The van der Waals surface area contributed by atoms with Gasteiger partial charge in [-0.2, -0.15) is 0 Å². The number of rotatable bonds is 4. The van der Waals surface area contributed by atoms with Crippen LogP contribution >= 0.6 is 0 Å². The summed E-state index contributed by atoms with van der Waals surface area (Å²) in [6.07, 6.45) is 1.54. The molecule has 1 unspecified atom stereocenters. The van der Waals surface area contributed by atoms with Gasteiger partial charge in [0.2, 0.25) is 0 Å². The molecule has 106 valence electrons. The minimum atomic E-state index is -0.233. The Bertz CT molecular complexity index is 726. The van der Waals surface area contributed by atoms with Crippen LogP contribution in [0.4, 0.5) is 10.1 Å². The largest absolute Gasteiger partial charge is 0.378 e. The highest BCUT2D eigenvalue weighted by molar-refractivity contribution is 5.52. The van der Waals surface area contributed by atoms with Crippen LogP contribution in [-0.2, 0) is 0 Å². The van der Waals surface area contributed by atoms with Gasteiger partial charge in [-0.25, -0.2) is 9.07 Å². The molecule has 5 nitrogen and oxygen atoms in total. The predicted molar refractivity (Wildman–Crippen MR) is 77.6 cm³/mol. The van der Waals surface area contributed by atoms with Crippen LogP contribution in [0.2, 0.25) is 0 Å². The molecule has 0 bridgehead atoms. The van der Waals surface area contributed by atoms with Crippen molar-refractivity contribution in [3.05, 3.63) is 66.2 Å². The lowest BCUT2D eigenvalue weighted by Gasteiger charge is -2.16. The summed E-state index contributed by atoms with van der Waals surface area (Å²) >= 11 is 0. The molecule has 2 aromatic carbocycles. The molecule has 0 aliphatic heterocycles. The second-order valence-electron chi connectivity index (χ2n) is 4.73. The SMILES string of the molecule is CC(Nc1cccc(-n2cnnn2)c1)c1cccc(F)c1. The number of nitrogens with zero attached hydrogens (tertiary/aromatic N) is 4. The van der Waals surface area contributed by atoms with Gasteiger partial charge in [-0.1, -0.05) is 18.2 Å². The van der Waals surface area contributed by atoms with E-state index in [9.17, 15) is 4.39 Å². The molecule has 0 aliphatic carbocycles. The lowest BCUT2D eigenvalue weighted by Crippen LogP contribution is -2.07. The second-order valence-corrected chi connectivity index (χ2v) is 4.73. The van der Waals surface area contributed by atoms with Gasteiger partial charge in [-0.05, 0) is 53.2 Å². The summed E-state index contributed by atoms with van der Waals surface area (Å²) in [6, 6.07) is 14.3. The molecule has 1 heterocycles. The Labute approximate surface area is 121 Å². The van der Waals surface area contributed by atoms with E-state index >= 15 is 0 Å². The van der Waals surface area contributed by atoms with Crippen LogP contribution in [0.25, 0.3) is 5.69 Å². The molecule has 0 fully saturated rings. The molecule has 3 aromatic rings. The van der Waals surface area contributed by atoms with Crippen LogP contribution in [0.3, 0.4) is 0 Å². The lowest BCUT2D eigenvalue weighted by molar-refractivity contribution is 0.623. The molecule has 6 heteroatoms. The van der Waals surface area contributed by atoms with Gasteiger partial charge in [-0.3, -0.25) is 0 Å².